The maximum absolute atomic E-state index is 12.7. The summed E-state index contributed by atoms with van der Waals surface area (Å²) >= 11 is 0. The summed E-state index contributed by atoms with van der Waals surface area (Å²) in [7, 11) is 1.08. The highest BCUT2D eigenvalue weighted by molar-refractivity contribution is 6.47. The topological polar surface area (TPSA) is 92.9 Å². The predicted octanol–water partition coefficient (Wildman–Crippen LogP) is 2.47. The summed E-state index contributed by atoms with van der Waals surface area (Å²) in [5.74, 6) is 0.752. The molecule has 0 unspecified atom stereocenters. The molecule has 1 atom stereocenters. The minimum Gasteiger partial charge on any atom is -0.535 e. The lowest BCUT2D eigenvalue weighted by Crippen LogP contribution is -2.38. The highest BCUT2D eigenvalue weighted by atomic mass is 16.5. The molecule has 0 bridgehead atoms. The van der Waals surface area contributed by atoms with Crippen molar-refractivity contribution in [3.8, 4) is 5.75 Å². The predicted molar refractivity (Wildman–Crippen MR) is 114 cm³/mol. The molecule has 1 saturated carbocycles. The first kappa shape index (κ1) is 22.0. The number of benzene rings is 1. The Bertz CT molecular complexity index is 734. The highest BCUT2D eigenvalue weighted by Gasteiger charge is 2.37. The number of carbonyl (C=O) groups is 2. The SMILES string of the molecule is CC(=O)c1cccc2c1OB(O)[C@@H](CC(=O)CC1CCC(N(C)CCN)CC1)C2. The fourth-order valence-electron chi connectivity index (χ4n) is 4.81. The minimum atomic E-state index is -1.05. The second-order valence-corrected chi connectivity index (χ2v) is 8.71. The molecule has 2 aliphatic rings. The van der Waals surface area contributed by atoms with E-state index < -0.39 is 7.12 Å². The van der Waals surface area contributed by atoms with Crippen LogP contribution in [0.2, 0.25) is 5.82 Å². The monoisotopic (exact) mass is 400 g/mol. The van der Waals surface area contributed by atoms with Crippen molar-refractivity contribution in [2.75, 3.05) is 20.1 Å². The smallest absolute Gasteiger partial charge is 0.526 e. The van der Waals surface area contributed by atoms with E-state index in [0.717, 1.165) is 37.8 Å². The van der Waals surface area contributed by atoms with Gasteiger partial charge < -0.3 is 20.3 Å². The third-order valence-electron chi connectivity index (χ3n) is 6.53. The van der Waals surface area contributed by atoms with Crippen LogP contribution in [-0.4, -0.2) is 54.8 Å². The fraction of sp³-hybridized carbons (Fsp3) is 0.636. The second-order valence-electron chi connectivity index (χ2n) is 8.71. The third-order valence-corrected chi connectivity index (χ3v) is 6.53. The van der Waals surface area contributed by atoms with Crippen molar-refractivity contribution in [2.24, 2.45) is 11.7 Å². The molecular weight excluding hydrogens is 367 g/mol. The Morgan fingerprint density at radius 3 is 2.62 bits per heavy atom. The zero-order valence-corrected chi connectivity index (χ0v) is 17.6. The highest BCUT2D eigenvalue weighted by Crippen LogP contribution is 2.37. The maximum atomic E-state index is 12.7. The van der Waals surface area contributed by atoms with E-state index in [9.17, 15) is 14.6 Å². The fourth-order valence-corrected chi connectivity index (χ4v) is 4.81. The van der Waals surface area contributed by atoms with Gasteiger partial charge in [-0.1, -0.05) is 12.1 Å². The first-order chi connectivity index (χ1) is 13.9. The van der Waals surface area contributed by atoms with Gasteiger partial charge in [0.1, 0.15) is 11.5 Å². The average molecular weight is 400 g/mol. The first-order valence-electron chi connectivity index (χ1n) is 10.8. The van der Waals surface area contributed by atoms with Gasteiger partial charge in [0.05, 0.1) is 5.56 Å². The van der Waals surface area contributed by atoms with Crippen LogP contribution in [0.1, 0.15) is 61.4 Å². The van der Waals surface area contributed by atoms with Gasteiger partial charge in [0.15, 0.2) is 5.78 Å². The molecule has 1 fully saturated rings. The Morgan fingerprint density at radius 2 is 1.97 bits per heavy atom. The molecule has 29 heavy (non-hydrogen) atoms. The van der Waals surface area contributed by atoms with Crippen molar-refractivity contribution in [2.45, 2.75) is 63.7 Å². The van der Waals surface area contributed by atoms with Crippen molar-refractivity contribution in [1.29, 1.82) is 0 Å². The van der Waals surface area contributed by atoms with Gasteiger partial charge in [0.2, 0.25) is 0 Å². The summed E-state index contributed by atoms with van der Waals surface area (Å²) in [5, 5.41) is 10.4. The number of hydrogen-bond donors (Lipinski definition) is 2. The van der Waals surface area contributed by atoms with E-state index in [4.69, 9.17) is 10.4 Å². The number of fused-ring (bicyclic) bond motifs is 1. The Hall–Kier alpha value is -1.70. The van der Waals surface area contributed by atoms with E-state index in [2.05, 4.69) is 11.9 Å². The van der Waals surface area contributed by atoms with Crippen LogP contribution in [0.4, 0.5) is 0 Å². The van der Waals surface area contributed by atoms with Crippen molar-refractivity contribution < 1.29 is 19.3 Å². The number of nitrogens with zero attached hydrogens (tertiary/aromatic N) is 1. The molecular formula is C22H33BN2O4. The molecule has 0 radical (unpaired) electrons. The normalized spacial score (nSPS) is 24.2. The van der Waals surface area contributed by atoms with E-state index in [1.54, 1.807) is 6.07 Å². The molecule has 158 valence electrons. The Kier molecular flexibility index (Phi) is 7.49. The minimum absolute atomic E-state index is 0.0868. The van der Waals surface area contributed by atoms with Crippen LogP contribution in [0.25, 0.3) is 0 Å². The van der Waals surface area contributed by atoms with Crippen LogP contribution >= 0.6 is 0 Å². The van der Waals surface area contributed by atoms with E-state index in [1.807, 2.05) is 12.1 Å². The van der Waals surface area contributed by atoms with E-state index in [-0.39, 0.29) is 17.4 Å². The van der Waals surface area contributed by atoms with Gasteiger partial charge >= 0.3 is 7.12 Å². The van der Waals surface area contributed by atoms with Gasteiger partial charge in [-0.25, -0.2) is 0 Å². The Labute approximate surface area is 173 Å². The van der Waals surface area contributed by atoms with Gasteiger partial charge in [-0.2, -0.15) is 0 Å². The third kappa shape index (κ3) is 5.47. The van der Waals surface area contributed by atoms with E-state index in [1.165, 1.54) is 6.92 Å². The molecule has 1 aliphatic heterocycles. The molecule has 1 heterocycles. The molecule has 3 N–H and O–H groups in total. The van der Waals surface area contributed by atoms with E-state index in [0.29, 0.717) is 49.1 Å². The number of rotatable bonds is 8. The van der Waals surface area contributed by atoms with Gasteiger partial charge in [-0.05, 0) is 63.6 Å². The summed E-state index contributed by atoms with van der Waals surface area (Å²) in [5.41, 5.74) is 7.03. The summed E-state index contributed by atoms with van der Waals surface area (Å²) in [6, 6.07) is 6.02. The molecule has 0 saturated heterocycles. The lowest BCUT2D eigenvalue weighted by molar-refractivity contribution is -0.120. The number of carbonyl (C=O) groups excluding carboxylic acids is 2. The molecule has 0 aromatic heterocycles. The van der Waals surface area contributed by atoms with Crippen LogP contribution in [0, 0.1) is 5.92 Å². The van der Waals surface area contributed by atoms with Crippen molar-refractivity contribution in [3.05, 3.63) is 29.3 Å². The maximum Gasteiger partial charge on any atom is 0.526 e. The van der Waals surface area contributed by atoms with Crippen LogP contribution in [-0.2, 0) is 11.2 Å². The van der Waals surface area contributed by atoms with Gasteiger partial charge in [0, 0.05) is 37.8 Å². The van der Waals surface area contributed by atoms with Crippen molar-refractivity contribution in [1.82, 2.24) is 4.90 Å². The molecule has 1 aromatic rings. The van der Waals surface area contributed by atoms with Crippen molar-refractivity contribution >= 4 is 18.7 Å². The summed E-state index contributed by atoms with van der Waals surface area (Å²) in [4.78, 5) is 26.8. The number of hydrogen-bond acceptors (Lipinski definition) is 6. The van der Waals surface area contributed by atoms with Gasteiger partial charge in [0.25, 0.3) is 0 Å². The number of ketones is 2. The molecule has 6 nitrogen and oxygen atoms in total. The Morgan fingerprint density at radius 1 is 1.24 bits per heavy atom. The number of para-hydroxylation sites is 1. The lowest BCUT2D eigenvalue weighted by Gasteiger charge is -2.34. The second kappa shape index (κ2) is 9.87. The number of Topliss-reactive ketones (excluding diaryl/α,β-unsaturated/α-hetero) is 2. The zero-order valence-electron chi connectivity index (χ0n) is 17.6. The van der Waals surface area contributed by atoms with Crippen LogP contribution < -0.4 is 10.4 Å². The number of nitrogens with two attached hydrogens (primary N) is 1. The molecule has 3 rings (SSSR count). The summed E-state index contributed by atoms with van der Waals surface area (Å²) in [6.45, 7) is 3.09. The van der Waals surface area contributed by atoms with Gasteiger partial charge in [-0.15, -0.1) is 0 Å². The van der Waals surface area contributed by atoms with Gasteiger partial charge in [-0.3, -0.25) is 9.59 Å². The zero-order chi connectivity index (χ0) is 21.0. The largest absolute Gasteiger partial charge is 0.535 e. The molecule has 1 aliphatic carbocycles. The standard InChI is InChI=1S/C22H33BN2O4/c1-15(26)21-5-3-4-17-13-18(23(28)29-22(17)21)14-20(27)12-16-6-8-19(9-7-16)25(2)11-10-24/h3-5,16,18-19,28H,6-14,24H2,1-2H3/t16?,18-,19?/m1/s1. The average Bonchev–Trinajstić information content (AvgIpc) is 2.68. The quantitative estimate of drug-likeness (QED) is 0.515. The molecule has 0 amide bonds. The summed E-state index contributed by atoms with van der Waals surface area (Å²) in [6.07, 6.45) is 5.82. The first-order valence-corrected chi connectivity index (χ1v) is 10.8. The number of likely N-dealkylation sites (N-methyl/N-ethyl adjacent to an activating group) is 1. The van der Waals surface area contributed by atoms with Crippen LogP contribution in [0.5, 0.6) is 5.75 Å². The molecule has 1 aromatic carbocycles. The van der Waals surface area contributed by atoms with E-state index >= 15 is 0 Å². The van der Waals surface area contributed by atoms with Crippen molar-refractivity contribution in [3.63, 3.8) is 0 Å². The van der Waals surface area contributed by atoms with Crippen LogP contribution in [0.3, 0.4) is 0 Å². The Balaban J connectivity index is 1.52. The molecule has 0 spiro atoms. The van der Waals surface area contributed by atoms with Crippen LogP contribution in [0.15, 0.2) is 18.2 Å². The lowest BCUT2D eigenvalue weighted by atomic mass is 9.64. The molecule has 7 heteroatoms. The summed E-state index contributed by atoms with van der Waals surface area (Å²) < 4.78 is 5.66.